The Bertz CT molecular complexity index is 724. The Morgan fingerprint density at radius 2 is 1.69 bits per heavy atom. The molecule has 1 aliphatic heterocycles. The molecule has 0 amide bonds. The van der Waals surface area contributed by atoms with E-state index in [0.717, 1.165) is 44.2 Å². The van der Waals surface area contributed by atoms with Crippen molar-refractivity contribution >= 4 is 5.97 Å². The van der Waals surface area contributed by atoms with E-state index in [1.54, 1.807) is 6.07 Å². The fourth-order valence-corrected chi connectivity index (χ4v) is 4.04. The molecule has 1 aliphatic carbocycles. The number of aromatic carboxylic acids is 1. The molecule has 1 saturated heterocycles. The molecule has 2 aliphatic rings. The Balaban J connectivity index is 0.000000343. The Kier molecular flexibility index (Phi) is 7.84. The second kappa shape index (κ2) is 10.6. The molecule has 2 aromatic rings. The number of nitrogens with zero attached hydrogens (tertiary/aromatic N) is 1. The van der Waals surface area contributed by atoms with Gasteiger partial charge in [0.1, 0.15) is 0 Å². The summed E-state index contributed by atoms with van der Waals surface area (Å²) >= 11 is 0. The minimum absolute atomic E-state index is 0.269. The van der Waals surface area contributed by atoms with Crippen molar-refractivity contribution in [3.8, 4) is 0 Å². The lowest BCUT2D eigenvalue weighted by molar-refractivity contribution is 0.0696. The molecule has 2 aromatic carbocycles. The highest BCUT2D eigenvalue weighted by molar-refractivity contribution is 5.87. The van der Waals surface area contributed by atoms with E-state index in [1.165, 1.54) is 25.7 Å². The first-order valence-corrected chi connectivity index (χ1v) is 10.9. The number of hydrogen-bond acceptors (Lipinski definition) is 3. The zero-order chi connectivity index (χ0) is 20.5. The molecule has 1 saturated carbocycles. The smallest absolute Gasteiger partial charge is 0.335 e. The monoisotopic (exact) mass is 394 g/mol. The van der Waals surface area contributed by atoms with Gasteiger partial charge in [-0.25, -0.2) is 4.79 Å². The van der Waals surface area contributed by atoms with Gasteiger partial charge in [-0.2, -0.15) is 0 Å². The van der Waals surface area contributed by atoms with Crippen LogP contribution in [0, 0.1) is 5.41 Å². The number of hydrogen-bond donors (Lipinski definition) is 2. The molecule has 0 spiro atoms. The Hall–Kier alpha value is -2.17. The van der Waals surface area contributed by atoms with Gasteiger partial charge in [0.25, 0.3) is 0 Å². The van der Waals surface area contributed by atoms with Crippen molar-refractivity contribution in [2.75, 3.05) is 26.2 Å². The summed E-state index contributed by atoms with van der Waals surface area (Å²) in [5, 5.41) is 12.9. The van der Waals surface area contributed by atoms with Crippen molar-refractivity contribution < 1.29 is 9.90 Å². The van der Waals surface area contributed by atoms with Crippen molar-refractivity contribution in [2.45, 2.75) is 45.1 Å². The first-order valence-electron chi connectivity index (χ1n) is 10.9. The van der Waals surface area contributed by atoms with Gasteiger partial charge in [0.05, 0.1) is 5.56 Å². The maximum Gasteiger partial charge on any atom is 0.335 e. The van der Waals surface area contributed by atoms with Crippen molar-refractivity contribution in [2.24, 2.45) is 5.41 Å². The van der Waals surface area contributed by atoms with E-state index >= 15 is 0 Å². The van der Waals surface area contributed by atoms with Gasteiger partial charge in [0, 0.05) is 12.6 Å². The van der Waals surface area contributed by atoms with Crippen LogP contribution >= 0.6 is 0 Å². The average molecular weight is 395 g/mol. The molecule has 4 nitrogen and oxygen atoms in total. The normalized spacial score (nSPS) is 18.5. The van der Waals surface area contributed by atoms with Crippen molar-refractivity contribution in [3.63, 3.8) is 0 Å². The van der Waals surface area contributed by atoms with Crippen LogP contribution in [0.25, 0.3) is 0 Å². The van der Waals surface area contributed by atoms with Gasteiger partial charge in [-0.3, -0.25) is 0 Å². The zero-order valence-electron chi connectivity index (χ0n) is 17.5. The SMILES string of the molecule is CCN1CCC(CNC2CC2)(Cc2cccc(C(=O)O)c2)CC1.c1ccccc1. The summed E-state index contributed by atoms with van der Waals surface area (Å²) in [6, 6.07) is 20.2. The topological polar surface area (TPSA) is 52.6 Å². The molecule has 2 N–H and O–H groups in total. The highest BCUT2D eigenvalue weighted by Crippen LogP contribution is 2.36. The molecule has 0 unspecified atom stereocenters. The van der Waals surface area contributed by atoms with Crippen LogP contribution in [0.15, 0.2) is 60.7 Å². The number of nitrogens with one attached hydrogen (secondary N) is 1. The lowest BCUT2D eigenvalue weighted by Gasteiger charge is -2.42. The number of likely N-dealkylation sites (tertiary alicyclic amines) is 1. The summed E-state index contributed by atoms with van der Waals surface area (Å²) in [6.07, 6.45) is 5.98. The number of piperidine rings is 1. The number of carbonyl (C=O) groups is 1. The van der Waals surface area contributed by atoms with Crippen molar-refractivity contribution in [3.05, 3.63) is 71.8 Å². The summed E-state index contributed by atoms with van der Waals surface area (Å²) in [6.45, 7) is 6.72. The van der Waals surface area contributed by atoms with Gasteiger partial charge in [0.15, 0.2) is 0 Å². The van der Waals surface area contributed by atoms with Gasteiger partial charge in [-0.1, -0.05) is 55.5 Å². The Morgan fingerprint density at radius 1 is 1.07 bits per heavy atom. The predicted molar refractivity (Wildman–Crippen MR) is 118 cm³/mol. The third kappa shape index (κ3) is 6.98. The molecule has 0 bridgehead atoms. The van der Waals surface area contributed by atoms with E-state index < -0.39 is 5.97 Å². The number of benzene rings is 2. The maximum atomic E-state index is 11.2. The molecule has 156 valence electrons. The molecule has 4 rings (SSSR count). The molecule has 1 heterocycles. The van der Waals surface area contributed by atoms with E-state index in [1.807, 2.05) is 48.5 Å². The van der Waals surface area contributed by atoms with Gasteiger partial charge in [-0.05, 0) is 74.8 Å². The molecule has 0 atom stereocenters. The second-order valence-corrected chi connectivity index (χ2v) is 8.43. The first-order chi connectivity index (χ1) is 14.1. The van der Waals surface area contributed by atoms with Crippen LogP contribution in [0.5, 0.6) is 0 Å². The van der Waals surface area contributed by atoms with Crippen LogP contribution in [-0.2, 0) is 6.42 Å². The van der Waals surface area contributed by atoms with Crippen LogP contribution < -0.4 is 5.32 Å². The van der Waals surface area contributed by atoms with E-state index in [2.05, 4.69) is 23.2 Å². The molecule has 0 aromatic heterocycles. The van der Waals surface area contributed by atoms with Crippen LogP contribution in [0.1, 0.15) is 48.5 Å². The maximum absolute atomic E-state index is 11.2. The van der Waals surface area contributed by atoms with E-state index in [9.17, 15) is 9.90 Å². The van der Waals surface area contributed by atoms with Gasteiger partial charge in [0.2, 0.25) is 0 Å². The number of rotatable bonds is 7. The minimum Gasteiger partial charge on any atom is -0.478 e. The van der Waals surface area contributed by atoms with E-state index in [4.69, 9.17) is 0 Å². The molecular weight excluding hydrogens is 360 g/mol. The van der Waals surface area contributed by atoms with Crippen LogP contribution in [0.4, 0.5) is 0 Å². The fraction of sp³-hybridized carbons (Fsp3) is 0.480. The molecule has 2 fully saturated rings. The minimum atomic E-state index is -0.835. The van der Waals surface area contributed by atoms with Crippen molar-refractivity contribution in [1.82, 2.24) is 10.2 Å². The third-order valence-electron chi connectivity index (χ3n) is 6.13. The molecule has 29 heavy (non-hydrogen) atoms. The van der Waals surface area contributed by atoms with E-state index in [-0.39, 0.29) is 5.41 Å². The van der Waals surface area contributed by atoms with Gasteiger partial charge >= 0.3 is 5.97 Å². The van der Waals surface area contributed by atoms with Crippen LogP contribution in [-0.4, -0.2) is 48.2 Å². The lowest BCUT2D eigenvalue weighted by atomic mass is 9.73. The lowest BCUT2D eigenvalue weighted by Crippen LogP contribution is -2.46. The highest BCUT2D eigenvalue weighted by Gasteiger charge is 2.36. The van der Waals surface area contributed by atoms with Gasteiger partial charge in [-0.15, -0.1) is 0 Å². The summed E-state index contributed by atoms with van der Waals surface area (Å²) in [7, 11) is 0. The van der Waals surface area contributed by atoms with Crippen LogP contribution in [0.2, 0.25) is 0 Å². The molecule has 4 heteroatoms. The largest absolute Gasteiger partial charge is 0.478 e. The van der Waals surface area contributed by atoms with Crippen molar-refractivity contribution in [1.29, 1.82) is 0 Å². The summed E-state index contributed by atoms with van der Waals surface area (Å²) in [5.74, 6) is -0.835. The quantitative estimate of drug-likeness (QED) is 0.728. The van der Waals surface area contributed by atoms with Gasteiger partial charge < -0.3 is 15.3 Å². The Morgan fingerprint density at radius 3 is 2.21 bits per heavy atom. The fourth-order valence-electron chi connectivity index (χ4n) is 4.04. The standard InChI is InChI=1S/C19H28N2O2.C6H6/c1-2-21-10-8-19(9-11-21,14-20-17-6-7-17)13-15-4-3-5-16(12-15)18(22)23;1-2-4-6-5-3-1/h3-5,12,17,20H,2,6-11,13-14H2,1H3,(H,22,23);1-6H. The Labute approximate surface area is 174 Å². The van der Waals surface area contributed by atoms with E-state index in [0.29, 0.717) is 5.56 Å². The summed E-state index contributed by atoms with van der Waals surface area (Å²) in [4.78, 5) is 13.7. The second-order valence-electron chi connectivity index (χ2n) is 8.43. The summed E-state index contributed by atoms with van der Waals surface area (Å²) < 4.78 is 0. The third-order valence-corrected chi connectivity index (χ3v) is 6.13. The first kappa shape index (κ1) is 21.5. The number of carboxylic acid groups (broad SMARTS) is 1. The zero-order valence-corrected chi connectivity index (χ0v) is 17.5. The molecule has 0 radical (unpaired) electrons. The number of carboxylic acids is 1. The predicted octanol–water partition coefficient (Wildman–Crippen LogP) is 4.47. The average Bonchev–Trinajstić information content (AvgIpc) is 3.59. The summed E-state index contributed by atoms with van der Waals surface area (Å²) in [5.41, 5.74) is 1.83. The molecular formula is C25H34N2O2. The van der Waals surface area contributed by atoms with Crippen LogP contribution in [0.3, 0.4) is 0 Å². The highest BCUT2D eigenvalue weighted by atomic mass is 16.4.